The van der Waals surface area contributed by atoms with E-state index in [4.69, 9.17) is 4.74 Å². The summed E-state index contributed by atoms with van der Waals surface area (Å²) in [5.41, 5.74) is 7.20. The van der Waals surface area contributed by atoms with Crippen LogP contribution in [0.3, 0.4) is 0 Å². The summed E-state index contributed by atoms with van der Waals surface area (Å²) in [5, 5.41) is 6.38. The summed E-state index contributed by atoms with van der Waals surface area (Å²) in [5.74, 6) is -0.705. The zero-order valence-corrected chi connectivity index (χ0v) is 21.8. The molecular formula is C32H26N4O4. The Bertz CT molecular complexity index is 1670. The highest BCUT2D eigenvalue weighted by Crippen LogP contribution is 2.39. The van der Waals surface area contributed by atoms with E-state index in [1.165, 1.54) is 7.11 Å². The largest absolute Gasteiger partial charge is 0.465 e. The lowest BCUT2D eigenvalue weighted by Crippen LogP contribution is -2.30. The van der Waals surface area contributed by atoms with Crippen LogP contribution in [0.4, 0.5) is 17.1 Å². The van der Waals surface area contributed by atoms with Gasteiger partial charge in [-0.05, 0) is 59.5 Å². The SMILES string of the molecule is COC(=O)c1ccc2c(c1)NC(=O)/C2=C(\Nc1ccc2c(c1)CCN2C(=O)Cc1cccnc1)c1ccccc1. The fourth-order valence-electron chi connectivity index (χ4n) is 5.21. The third kappa shape index (κ3) is 4.71. The van der Waals surface area contributed by atoms with Gasteiger partial charge in [0.1, 0.15) is 0 Å². The first-order valence-corrected chi connectivity index (χ1v) is 12.9. The second-order valence-corrected chi connectivity index (χ2v) is 9.62. The van der Waals surface area contributed by atoms with Crippen molar-refractivity contribution in [2.75, 3.05) is 29.2 Å². The van der Waals surface area contributed by atoms with E-state index in [2.05, 4.69) is 15.6 Å². The van der Waals surface area contributed by atoms with Crippen molar-refractivity contribution < 1.29 is 19.1 Å². The van der Waals surface area contributed by atoms with Gasteiger partial charge in [-0.15, -0.1) is 0 Å². The lowest BCUT2D eigenvalue weighted by Gasteiger charge is -2.19. The van der Waals surface area contributed by atoms with Crippen LogP contribution in [-0.2, 0) is 27.2 Å². The van der Waals surface area contributed by atoms with Crippen LogP contribution < -0.4 is 15.5 Å². The molecule has 0 atom stereocenters. The van der Waals surface area contributed by atoms with Gasteiger partial charge in [-0.25, -0.2) is 4.79 Å². The van der Waals surface area contributed by atoms with Crippen molar-refractivity contribution in [3.63, 3.8) is 0 Å². The average molecular weight is 531 g/mol. The number of hydrogen-bond donors (Lipinski definition) is 2. The maximum Gasteiger partial charge on any atom is 0.337 e. The van der Waals surface area contributed by atoms with Crippen molar-refractivity contribution >= 4 is 46.1 Å². The highest BCUT2D eigenvalue weighted by atomic mass is 16.5. The average Bonchev–Trinajstić information content (AvgIpc) is 3.56. The molecule has 0 bridgehead atoms. The number of ether oxygens (including phenoxy) is 1. The first-order valence-electron chi connectivity index (χ1n) is 12.9. The van der Waals surface area contributed by atoms with Gasteiger partial charge in [0.05, 0.1) is 36.1 Å². The second kappa shape index (κ2) is 10.5. The first kappa shape index (κ1) is 25.1. The Balaban J connectivity index is 1.33. The third-order valence-corrected chi connectivity index (χ3v) is 7.12. The molecule has 0 aliphatic carbocycles. The fraction of sp³-hybridized carbons (Fsp3) is 0.125. The molecule has 8 nitrogen and oxygen atoms in total. The second-order valence-electron chi connectivity index (χ2n) is 9.62. The molecule has 6 rings (SSSR count). The van der Waals surface area contributed by atoms with Crippen molar-refractivity contribution in [1.82, 2.24) is 4.98 Å². The predicted octanol–water partition coefficient (Wildman–Crippen LogP) is 4.93. The summed E-state index contributed by atoms with van der Waals surface area (Å²) in [6.07, 6.45) is 4.44. The molecule has 2 aliphatic rings. The standard InChI is InChI=1S/C32H26N4O4/c1-40-32(39)23-9-11-25-26(18-23)35-31(38)29(25)30(21-7-3-2-4-8-21)34-24-10-12-27-22(17-24)13-15-36(27)28(37)16-20-6-5-14-33-19-20/h2-12,14,17-19,34H,13,15-16H2,1H3,(H,35,38)/b30-29-. The summed E-state index contributed by atoms with van der Waals surface area (Å²) in [4.78, 5) is 44.3. The van der Waals surface area contributed by atoms with Crippen LogP contribution in [0.5, 0.6) is 0 Å². The number of fused-ring (bicyclic) bond motifs is 2. The van der Waals surface area contributed by atoms with Crippen LogP contribution in [0.1, 0.15) is 32.6 Å². The monoisotopic (exact) mass is 530 g/mol. The molecular weight excluding hydrogens is 504 g/mol. The van der Waals surface area contributed by atoms with Gasteiger partial charge in [0, 0.05) is 35.9 Å². The Hall–Kier alpha value is -5.24. The van der Waals surface area contributed by atoms with Crippen molar-refractivity contribution in [2.45, 2.75) is 12.8 Å². The van der Waals surface area contributed by atoms with E-state index < -0.39 is 5.97 Å². The lowest BCUT2D eigenvalue weighted by atomic mass is 9.99. The van der Waals surface area contributed by atoms with Crippen molar-refractivity contribution in [2.24, 2.45) is 0 Å². The van der Waals surface area contributed by atoms with Gasteiger partial charge in [0.2, 0.25) is 5.91 Å². The molecule has 0 fully saturated rings. The van der Waals surface area contributed by atoms with E-state index in [0.29, 0.717) is 41.1 Å². The van der Waals surface area contributed by atoms with Gasteiger partial charge in [0.25, 0.3) is 5.91 Å². The predicted molar refractivity (Wildman–Crippen MR) is 154 cm³/mol. The molecule has 1 aromatic heterocycles. The van der Waals surface area contributed by atoms with Crippen LogP contribution in [0.15, 0.2) is 91.3 Å². The van der Waals surface area contributed by atoms with E-state index in [9.17, 15) is 14.4 Å². The van der Waals surface area contributed by atoms with Crippen molar-refractivity contribution in [1.29, 1.82) is 0 Å². The minimum Gasteiger partial charge on any atom is -0.465 e. The summed E-state index contributed by atoms with van der Waals surface area (Å²) < 4.78 is 4.83. The van der Waals surface area contributed by atoms with E-state index in [1.807, 2.05) is 65.6 Å². The molecule has 2 aliphatic heterocycles. The number of pyridine rings is 1. The molecule has 0 saturated carbocycles. The zero-order valence-electron chi connectivity index (χ0n) is 21.8. The van der Waals surface area contributed by atoms with Crippen molar-refractivity contribution in [3.8, 4) is 0 Å². The quantitative estimate of drug-likeness (QED) is 0.271. The summed E-state index contributed by atoms with van der Waals surface area (Å²) in [6.45, 7) is 0.614. The molecule has 0 spiro atoms. The smallest absolute Gasteiger partial charge is 0.337 e. The molecule has 2 amide bonds. The summed E-state index contributed by atoms with van der Waals surface area (Å²) in [6, 6.07) is 24.3. The number of benzene rings is 3. The minimum atomic E-state index is -0.470. The molecule has 4 aromatic rings. The van der Waals surface area contributed by atoms with Gasteiger partial charge in [-0.2, -0.15) is 0 Å². The lowest BCUT2D eigenvalue weighted by molar-refractivity contribution is -0.118. The molecule has 2 N–H and O–H groups in total. The Kier molecular flexibility index (Phi) is 6.57. The Morgan fingerprint density at radius 1 is 1.00 bits per heavy atom. The van der Waals surface area contributed by atoms with Crippen LogP contribution in [0, 0.1) is 0 Å². The first-order chi connectivity index (χ1) is 19.5. The zero-order chi connectivity index (χ0) is 27.6. The van der Waals surface area contributed by atoms with E-state index in [1.54, 1.807) is 30.6 Å². The molecule has 3 aromatic carbocycles. The van der Waals surface area contributed by atoms with Gasteiger partial charge < -0.3 is 20.3 Å². The number of aromatic nitrogens is 1. The Labute approximate surface area is 231 Å². The number of hydrogen-bond acceptors (Lipinski definition) is 6. The van der Waals surface area contributed by atoms with Gasteiger partial charge >= 0.3 is 5.97 Å². The maximum absolute atomic E-state index is 13.3. The topological polar surface area (TPSA) is 101 Å². The number of rotatable bonds is 6. The number of nitrogens with zero attached hydrogens (tertiary/aromatic N) is 2. The highest BCUT2D eigenvalue weighted by molar-refractivity contribution is 6.37. The van der Waals surface area contributed by atoms with Gasteiger partial charge in [-0.3, -0.25) is 14.6 Å². The number of amides is 2. The summed E-state index contributed by atoms with van der Waals surface area (Å²) >= 11 is 0. The third-order valence-electron chi connectivity index (χ3n) is 7.12. The molecule has 8 heteroatoms. The number of methoxy groups -OCH3 is 1. The number of nitrogens with one attached hydrogen (secondary N) is 2. The van der Waals surface area contributed by atoms with Gasteiger partial charge in [0.15, 0.2) is 0 Å². The van der Waals surface area contributed by atoms with Crippen LogP contribution in [0.2, 0.25) is 0 Å². The van der Waals surface area contributed by atoms with Crippen LogP contribution >= 0.6 is 0 Å². The maximum atomic E-state index is 13.3. The number of carbonyl (C=O) groups excluding carboxylic acids is 3. The Morgan fingerprint density at radius 3 is 2.62 bits per heavy atom. The van der Waals surface area contributed by atoms with E-state index in [0.717, 1.165) is 34.5 Å². The summed E-state index contributed by atoms with van der Waals surface area (Å²) in [7, 11) is 1.32. The number of esters is 1. The Morgan fingerprint density at radius 2 is 1.85 bits per heavy atom. The highest BCUT2D eigenvalue weighted by Gasteiger charge is 2.30. The van der Waals surface area contributed by atoms with Crippen LogP contribution in [-0.4, -0.2) is 36.4 Å². The molecule has 0 unspecified atom stereocenters. The number of carbonyl (C=O) groups is 3. The number of anilines is 3. The van der Waals surface area contributed by atoms with E-state index >= 15 is 0 Å². The molecule has 0 radical (unpaired) electrons. The molecule has 3 heterocycles. The molecule has 40 heavy (non-hydrogen) atoms. The van der Waals surface area contributed by atoms with Crippen LogP contribution in [0.25, 0.3) is 11.3 Å². The molecule has 198 valence electrons. The van der Waals surface area contributed by atoms with Crippen molar-refractivity contribution in [3.05, 3.63) is 119 Å². The fourth-order valence-corrected chi connectivity index (χ4v) is 5.21. The minimum absolute atomic E-state index is 0.0325. The van der Waals surface area contributed by atoms with E-state index in [-0.39, 0.29) is 11.8 Å². The molecule has 0 saturated heterocycles. The van der Waals surface area contributed by atoms with Gasteiger partial charge in [-0.1, -0.05) is 42.5 Å². The normalized spacial score (nSPS) is 14.7.